The summed E-state index contributed by atoms with van der Waals surface area (Å²) in [6.45, 7) is 3.43. The van der Waals surface area contributed by atoms with Gasteiger partial charge < -0.3 is 24.2 Å². The molecule has 2 aromatic rings. The largest absolute Gasteiger partial charge is 0.710 e. The third-order valence-electron chi connectivity index (χ3n) is 4.11. The lowest BCUT2D eigenvalue weighted by atomic mass is 10.1. The molecule has 0 N–H and O–H groups in total. The minimum atomic E-state index is -1.04. The fourth-order valence-corrected chi connectivity index (χ4v) is 3.09. The summed E-state index contributed by atoms with van der Waals surface area (Å²) in [4.78, 5) is 38.5. The number of hydrogen-bond acceptors (Lipinski definition) is 9. The maximum atomic E-state index is 11.9. The van der Waals surface area contributed by atoms with E-state index in [1.165, 1.54) is 43.9 Å². The Balaban J connectivity index is 2.01. The number of hydrogen-bond donors (Lipinski definition) is 0. The van der Waals surface area contributed by atoms with E-state index in [1.807, 2.05) is 0 Å². The van der Waals surface area contributed by atoms with Crippen molar-refractivity contribution in [3.05, 3.63) is 29.9 Å². The highest BCUT2D eigenvalue weighted by Crippen LogP contribution is 2.35. The number of esters is 3. The standard InChI is InChI=1S/C17H19N3O8/c1-9(21)25-7-13-14(26-10(2)22)15(27-11(3)23)17(28-13)19-8-18-16-12(19)5-4-6-20(16)24/h4-6,8,13-15,17H,7H2,1-3H3/t13-,14-,15-,17-/m1/s1. The Kier molecular flexibility index (Phi) is 5.45. The molecule has 4 atom stereocenters. The van der Waals surface area contributed by atoms with E-state index >= 15 is 0 Å². The van der Waals surface area contributed by atoms with E-state index in [4.69, 9.17) is 18.9 Å². The number of aromatic nitrogens is 3. The Bertz CT molecular complexity index is 911. The second-order valence-corrected chi connectivity index (χ2v) is 6.21. The molecule has 0 aromatic carbocycles. The molecule has 0 bridgehead atoms. The number of imidazole rings is 1. The van der Waals surface area contributed by atoms with Crippen LogP contribution in [0, 0.1) is 5.21 Å². The highest BCUT2D eigenvalue weighted by Gasteiger charge is 2.51. The summed E-state index contributed by atoms with van der Waals surface area (Å²) in [7, 11) is 0. The topological polar surface area (TPSA) is 133 Å². The smallest absolute Gasteiger partial charge is 0.351 e. The van der Waals surface area contributed by atoms with Crippen LogP contribution in [0.3, 0.4) is 0 Å². The number of pyridine rings is 1. The van der Waals surface area contributed by atoms with Gasteiger partial charge >= 0.3 is 23.6 Å². The van der Waals surface area contributed by atoms with Gasteiger partial charge in [-0.2, -0.15) is 0 Å². The van der Waals surface area contributed by atoms with Gasteiger partial charge in [-0.25, -0.2) is 4.73 Å². The van der Waals surface area contributed by atoms with Crippen LogP contribution in [0.2, 0.25) is 0 Å². The van der Waals surface area contributed by atoms with E-state index in [0.29, 0.717) is 10.2 Å². The van der Waals surface area contributed by atoms with E-state index in [2.05, 4.69) is 4.98 Å². The molecule has 28 heavy (non-hydrogen) atoms. The van der Waals surface area contributed by atoms with Gasteiger partial charge in [0, 0.05) is 20.8 Å². The third-order valence-corrected chi connectivity index (χ3v) is 4.11. The predicted molar refractivity (Wildman–Crippen MR) is 90.3 cm³/mol. The molecule has 11 nitrogen and oxygen atoms in total. The molecule has 0 radical (unpaired) electrons. The van der Waals surface area contributed by atoms with Crippen LogP contribution < -0.4 is 4.73 Å². The van der Waals surface area contributed by atoms with Crippen molar-refractivity contribution >= 4 is 29.1 Å². The number of carbonyl (C=O) groups excluding carboxylic acids is 3. The van der Waals surface area contributed by atoms with Crippen LogP contribution in [0.1, 0.15) is 27.0 Å². The molecule has 1 fully saturated rings. The first-order chi connectivity index (χ1) is 13.3. The maximum Gasteiger partial charge on any atom is 0.351 e. The summed E-state index contributed by atoms with van der Waals surface area (Å²) in [5.74, 6) is -1.78. The number of ether oxygens (including phenoxy) is 4. The Morgan fingerprint density at radius 1 is 1.18 bits per heavy atom. The minimum Gasteiger partial charge on any atom is -0.710 e. The van der Waals surface area contributed by atoms with E-state index in [9.17, 15) is 19.6 Å². The van der Waals surface area contributed by atoms with Gasteiger partial charge in [-0.15, -0.1) is 0 Å². The fourth-order valence-electron chi connectivity index (χ4n) is 3.09. The van der Waals surface area contributed by atoms with Gasteiger partial charge in [0.2, 0.25) is 6.33 Å². The van der Waals surface area contributed by atoms with Crippen LogP contribution in [-0.4, -0.2) is 52.4 Å². The first-order valence-electron chi connectivity index (χ1n) is 8.46. The van der Waals surface area contributed by atoms with Crippen molar-refractivity contribution < 1.29 is 38.1 Å². The third kappa shape index (κ3) is 3.88. The summed E-state index contributed by atoms with van der Waals surface area (Å²) in [5.41, 5.74) is 0.564. The molecule has 0 saturated carbocycles. The van der Waals surface area contributed by atoms with E-state index in [1.54, 1.807) is 6.07 Å². The van der Waals surface area contributed by atoms with Crippen LogP contribution >= 0.6 is 0 Å². The molecular formula is C17H19N3O8. The van der Waals surface area contributed by atoms with Crippen molar-refractivity contribution in [2.24, 2.45) is 0 Å². The summed E-state index contributed by atoms with van der Waals surface area (Å²) >= 11 is 0. The first kappa shape index (κ1) is 19.5. The maximum absolute atomic E-state index is 11.9. The van der Waals surface area contributed by atoms with Crippen LogP contribution in [-0.2, 0) is 33.3 Å². The van der Waals surface area contributed by atoms with Gasteiger partial charge in [-0.05, 0) is 17.1 Å². The van der Waals surface area contributed by atoms with Gasteiger partial charge in [0.05, 0.1) is 6.20 Å². The molecule has 2 aromatic heterocycles. The van der Waals surface area contributed by atoms with Gasteiger partial charge in [0.25, 0.3) is 0 Å². The molecule has 150 valence electrons. The minimum absolute atomic E-state index is 0.139. The van der Waals surface area contributed by atoms with Gasteiger partial charge in [0.1, 0.15) is 18.2 Å². The molecule has 1 aliphatic rings. The zero-order chi connectivity index (χ0) is 20.4. The Morgan fingerprint density at radius 2 is 1.86 bits per heavy atom. The van der Waals surface area contributed by atoms with Crippen LogP contribution in [0.4, 0.5) is 0 Å². The van der Waals surface area contributed by atoms with Crippen LogP contribution in [0.15, 0.2) is 24.7 Å². The Labute approximate surface area is 159 Å². The van der Waals surface area contributed by atoms with Crippen molar-refractivity contribution in [3.63, 3.8) is 0 Å². The summed E-state index contributed by atoms with van der Waals surface area (Å²) in [6, 6.07) is 3.17. The Morgan fingerprint density at radius 3 is 2.50 bits per heavy atom. The molecule has 3 heterocycles. The van der Waals surface area contributed by atoms with Gasteiger partial charge in [-0.1, -0.05) is 0 Å². The molecule has 1 aliphatic heterocycles. The van der Waals surface area contributed by atoms with E-state index < -0.39 is 42.4 Å². The summed E-state index contributed by atoms with van der Waals surface area (Å²) < 4.78 is 23.6. The number of fused-ring (bicyclic) bond motifs is 1. The lowest BCUT2D eigenvalue weighted by Crippen LogP contribution is -2.40. The Hall–Kier alpha value is -3.21. The second-order valence-electron chi connectivity index (χ2n) is 6.21. The van der Waals surface area contributed by atoms with E-state index in [-0.39, 0.29) is 12.3 Å². The zero-order valence-electron chi connectivity index (χ0n) is 15.4. The lowest BCUT2D eigenvalue weighted by Gasteiger charge is -2.23. The SMILES string of the molecule is CC(=O)OC[C@H]1O[C@@H](n2cnc3c2ccc[n+]3[O-])[C@H](OC(C)=O)[C@@H]1OC(C)=O. The molecule has 3 rings (SSSR count). The quantitative estimate of drug-likeness (QED) is 0.298. The van der Waals surface area contributed by atoms with Crippen molar-refractivity contribution in [1.29, 1.82) is 0 Å². The second kappa shape index (κ2) is 7.80. The molecule has 1 saturated heterocycles. The van der Waals surface area contributed by atoms with Crippen LogP contribution in [0.5, 0.6) is 0 Å². The van der Waals surface area contributed by atoms with Gasteiger partial charge in [-0.3, -0.25) is 19.0 Å². The highest BCUT2D eigenvalue weighted by molar-refractivity contribution is 5.69. The number of carbonyl (C=O) groups is 3. The highest BCUT2D eigenvalue weighted by atomic mass is 16.7. The van der Waals surface area contributed by atoms with Gasteiger partial charge in [0.15, 0.2) is 18.4 Å². The molecular weight excluding hydrogens is 374 g/mol. The van der Waals surface area contributed by atoms with Crippen molar-refractivity contribution in [2.45, 2.75) is 45.3 Å². The fraction of sp³-hybridized carbons (Fsp3) is 0.471. The molecule has 0 spiro atoms. The zero-order valence-corrected chi connectivity index (χ0v) is 15.4. The average Bonchev–Trinajstić information content (AvgIpc) is 3.16. The first-order valence-corrected chi connectivity index (χ1v) is 8.46. The predicted octanol–water partition coefficient (Wildman–Crippen LogP) is -0.00640. The van der Waals surface area contributed by atoms with Crippen molar-refractivity contribution in [3.8, 4) is 0 Å². The molecule has 0 unspecified atom stereocenters. The molecule has 11 heteroatoms. The molecule has 0 amide bonds. The lowest BCUT2D eigenvalue weighted by molar-refractivity contribution is -0.579. The normalized spacial score (nSPS) is 24.1. The summed E-state index contributed by atoms with van der Waals surface area (Å²) in [6.07, 6.45) is -1.25. The summed E-state index contributed by atoms with van der Waals surface area (Å²) in [5, 5.41) is 11.9. The van der Waals surface area contributed by atoms with Crippen molar-refractivity contribution in [1.82, 2.24) is 9.55 Å². The number of nitrogens with zero attached hydrogens (tertiary/aromatic N) is 3. The average molecular weight is 393 g/mol. The number of rotatable bonds is 5. The monoisotopic (exact) mass is 393 g/mol. The molecule has 0 aliphatic carbocycles. The van der Waals surface area contributed by atoms with Crippen molar-refractivity contribution in [2.75, 3.05) is 6.61 Å². The van der Waals surface area contributed by atoms with Crippen LogP contribution in [0.25, 0.3) is 11.2 Å². The van der Waals surface area contributed by atoms with E-state index in [0.717, 1.165) is 0 Å².